The largest absolute Gasteiger partial charge is 0.480 e. The van der Waals surface area contributed by atoms with E-state index in [1.54, 1.807) is 0 Å². The summed E-state index contributed by atoms with van der Waals surface area (Å²) >= 11 is 0. The summed E-state index contributed by atoms with van der Waals surface area (Å²) in [6.45, 7) is 2.40. The number of ether oxygens (including phenoxy) is 1. The van der Waals surface area contributed by atoms with Gasteiger partial charge < -0.3 is 25.2 Å². The predicted molar refractivity (Wildman–Crippen MR) is 272 cm³/mol. The molecule has 0 aromatic carbocycles. The quantitative estimate of drug-likeness (QED) is 0.0200. The normalized spacial score (nSPS) is 14.5. The van der Waals surface area contributed by atoms with Crippen LogP contribution in [0.1, 0.15) is 181 Å². The molecule has 0 bridgehead atoms. The fraction of sp³-hybridized carbons (Fsp3) is 0.611. The molecular formula is C54H88NO10P. The molecule has 3 atom stereocenters. The maximum atomic E-state index is 12.4. The molecule has 374 valence electrons. The lowest BCUT2D eigenvalue weighted by atomic mass is 10.1. The number of nitrogens with one attached hydrogen (secondary N) is 1. The molecule has 0 aromatic rings. The van der Waals surface area contributed by atoms with Crippen LogP contribution in [0.2, 0.25) is 0 Å². The van der Waals surface area contributed by atoms with Crippen molar-refractivity contribution in [2.24, 2.45) is 0 Å². The van der Waals surface area contributed by atoms with Crippen LogP contribution in [0.5, 0.6) is 0 Å². The van der Waals surface area contributed by atoms with E-state index in [-0.39, 0.29) is 12.8 Å². The third-order valence-electron chi connectivity index (χ3n) is 10.0. The molecule has 0 aliphatic heterocycles. The minimum Gasteiger partial charge on any atom is -0.480 e. The topological polar surface area (TPSA) is 169 Å². The number of carbonyl (C=O) groups is 3. The van der Waals surface area contributed by atoms with E-state index < -0.39 is 57.6 Å². The molecule has 0 aromatic heterocycles. The summed E-state index contributed by atoms with van der Waals surface area (Å²) in [6, 6.07) is -1.56. The van der Waals surface area contributed by atoms with Crippen molar-refractivity contribution in [3.05, 3.63) is 109 Å². The number of hydrogen-bond donors (Lipinski definition) is 4. The Morgan fingerprint density at radius 1 is 0.500 bits per heavy atom. The zero-order valence-electron chi connectivity index (χ0n) is 40.7. The van der Waals surface area contributed by atoms with Crippen molar-refractivity contribution in [3.63, 3.8) is 0 Å². The van der Waals surface area contributed by atoms with Crippen LogP contribution in [0.3, 0.4) is 0 Å². The first-order valence-corrected chi connectivity index (χ1v) is 26.4. The third kappa shape index (κ3) is 46.7. The van der Waals surface area contributed by atoms with Gasteiger partial charge in [-0.15, -0.1) is 0 Å². The van der Waals surface area contributed by atoms with E-state index in [4.69, 9.17) is 13.8 Å². The molecule has 0 saturated heterocycles. The minimum absolute atomic E-state index is 0.128. The number of unbranched alkanes of at least 4 members (excludes halogenated alkanes) is 13. The van der Waals surface area contributed by atoms with Gasteiger partial charge in [0, 0.05) is 12.8 Å². The van der Waals surface area contributed by atoms with Crippen LogP contribution in [0, 0.1) is 0 Å². The van der Waals surface area contributed by atoms with Crippen LogP contribution in [-0.2, 0) is 32.7 Å². The van der Waals surface area contributed by atoms with Crippen LogP contribution in [0.25, 0.3) is 0 Å². The first kappa shape index (κ1) is 62.1. The molecule has 11 nitrogen and oxygen atoms in total. The molecular weight excluding hydrogens is 854 g/mol. The molecule has 0 aliphatic carbocycles. The number of esters is 1. The fourth-order valence-corrected chi connectivity index (χ4v) is 6.98. The molecule has 0 radical (unpaired) electrons. The van der Waals surface area contributed by atoms with Crippen molar-refractivity contribution in [3.8, 4) is 0 Å². The van der Waals surface area contributed by atoms with Crippen molar-refractivity contribution in [1.82, 2.24) is 5.32 Å². The number of aliphatic carboxylic acids is 1. The predicted octanol–water partition coefficient (Wildman–Crippen LogP) is 13.8. The summed E-state index contributed by atoms with van der Waals surface area (Å²) in [7, 11) is -4.78. The SMILES string of the molecule is CC/C=C\C/C=C\C/C=C\C/C=C\C/C=C\C/C=C\CCCCC(=O)OCC(O)COP(=O)(O)OCC(NC(=O)CCCCCCCCCC/C=C\C/C=C\C/C=C\CCCCC)C(=O)O. The lowest BCUT2D eigenvalue weighted by Gasteiger charge is -2.18. The van der Waals surface area contributed by atoms with Gasteiger partial charge in [-0.2, -0.15) is 0 Å². The number of allylic oxidation sites excluding steroid dienone is 18. The summed E-state index contributed by atoms with van der Waals surface area (Å²) in [5.74, 6) is -2.44. The number of aliphatic hydroxyl groups excluding tert-OH is 1. The number of hydrogen-bond acceptors (Lipinski definition) is 8. The molecule has 1 amide bonds. The van der Waals surface area contributed by atoms with Crippen LogP contribution >= 0.6 is 7.82 Å². The van der Waals surface area contributed by atoms with Crippen molar-refractivity contribution in [1.29, 1.82) is 0 Å². The van der Waals surface area contributed by atoms with Gasteiger partial charge in [-0.25, -0.2) is 9.36 Å². The van der Waals surface area contributed by atoms with Gasteiger partial charge in [0.1, 0.15) is 12.7 Å². The molecule has 0 aliphatic rings. The van der Waals surface area contributed by atoms with Crippen LogP contribution in [0.4, 0.5) is 0 Å². The van der Waals surface area contributed by atoms with Crippen molar-refractivity contribution >= 4 is 25.7 Å². The molecule has 0 fully saturated rings. The summed E-state index contributed by atoms with van der Waals surface area (Å²) < 4.78 is 26.9. The fourth-order valence-electron chi connectivity index (χ4n) is 6.21. The highest BCUT2D eigenvalue weighted by Crippen LogP contribution is 2.43. The average molecular weight is 942 g/mol. The second kappa shape index (κ2) is 47.6. The molecule has 0 saturated carbocycles. The Morgan fingerprint density at radius 2 is 0.879 bits per heavy atom. The maximum Gasteiger partial charge on any atom is 0.472 e. The number of carbonyl (C=O) groups excluding carboxylic acids is 2. The Bertz CT molecular complexity index is 1530. The van der Waals surface area contributed by atoms with Gasteiger partial charge in [-0.05, 0) is 103 Å². The van der Waals surface area contributed by atoms with Gasteiger partial charge in [0.25, 0.3) is 0 Å². The zero-order valence-corrected chi connectivity index (χ0v) is 41.6. The summed E-state index contributed by atoms with van der Waals surface area (Å²) in [5.41, 5.74) is 0. The average Bonchev–Trinajstić information content (AvgIpc) is 3.29. The first-order valence-electron chi connectivity index (χ1n) is 24.9. The first-order chi connectivity index (χ1) is 32.1. The summed E-state index contributed by atoms with van der Waals surface area (Å²) in [6.07, 6.45) is 62.5. The highest BCUT2D eigenvalue weighted by atomic mass is 31.2. The maximum absolute atomic E-state index is 12.4. The Kier molecular flexibility index (Phi) is 44.8. The highest BCUT2D eigenvalue weighted by Gasteiger charge is 2.28. The Labute approximate surface area is 399 Å². The van der Waals surface area contributed by atoms with Gasteiger partial charge in [0.15, 0.2) is 6.04 Å². The molecule has 66 heavy (non-hydrogen) atoms. The van der Waals surface area contributed by atoms with E-state index in [9.17, 15) is 34.1 Å². The molecule has 3 unspecified atom stereocenters. The third-order valence-corrected chi connectivity index (χ3v) is 11.0. The lowest BCUT2D eigenvalue weighted by Crippen LogP contribution is -2.43. The number of phosphoric acid groups is 1. The summed E-state index contributed by atoms with van der Waals surface area (Å²) in [5, 5.41) is 21.9. The second-order valence-electron chi connectivity index (χ2n) is 16.3. The van der Waals surface area contributed by atoms with Crippen molar-refractivity contribution < 1.29 is 47.8 Å². The number of aliphatic hydroxyl groups is 1. The van der Waals surface area contributed by atoms with Crippen LogP contribution in [0.15, 0.2) is 109 Å². The van der Waals surface area contributed by atoms with Gasteiger partial charge in [0.05, 0.1) is 13.2 Å². The van der Waals surface area contributed by atoms with E-state index in [0.717, 1.165) is 96.3 Å². The van der Waals surface area contributed by atoms with Crippen LogP contribution in [-0.4, -0.2) is 64.9 Å². The number of carboxylic acid groups (broad SMARTS) is 1. The molecule has 12 heteroatoms. The number of phosphoric ester groups is 1. The zero-order chi connectivity index (χ0) is 48.4. The second-order valence-corrected chi connectivity index (χ2v) is 17.7. The monoisotopic (exact) mass is 942 g/mol. The Hall–Kier alpha value is -3.86. The van der Waals surface area contributed by atoms with Crippen LogP contribution < -0.4 is 5.32 Å². The van der Waals surface area contributed by atoms with Gasteiger partial charge in [-0.1, -0.05) is 175 Å². The molecule has 0 rings (SSSR count). The van der Waals surface area contributed by atoms with E-state index in [1.807, 2.05) is 0 Å². The Balaban J connectivity index is 3.95. The minimum atomic E-state index is -4.78. The molecule has 0 heterocycles. The number of rotatable bonds is 45. The van der Waals surface area contributed by atoms with Gasteiger partial charge in [-0.3, -0.25) is 18.6 Å². The van der Waals surface area contributed by atoms with Crippen molar-refractivity contribution in [2.75, 3.05) is 19.8 Å². The van der Waals surface area contributed by atoms with E-state index in [2.05, 4.69) is 129 Å². The van der Waals surface area contributed by atoms with E-state index >= 15 is 0 Å². The molecule has 0 spiro atoms. The van der Waals surface area contributed by atoms with E-state index in [0.29, 0.717) is 12.8 Å². The molecule has 4 N–H and O–H groups in total. The smallest absolute Gasteiger partial charge is 0.472 e. The Morgan fingerprint density at radius 3 is 1.33 bits per heavy atom. The van der Waals surface area contributed by atoms with Gasteiger partial charge >= 0.3 is 19.8 Å². The standard InChI is InChI=1S/C54H88NO10P/c1-3-5-7-9-11-13-15-17-19-21-23-25-27-29-31-33-35-37-39-41-43-45-52(57)55-51(54(59)60)49-65-66(61,62)64-48-50(56)47-63-53(58)46-44-42-40-38-36-34-32-30-28-26-24-22-20-18-16-14-12-10-8-6-4-2/h6,8,11-14,17-20,23-26,30,32,36,38,50-51,56H,3-5,7,9-10,15-16,21-22,27-29,31,33-35,37,39-49H2,1-2H3,(H,55,57)(H,59,60)(H,61,62)/b8-6-,13-11-,14-12-,19-17-,20-18-,25-23-,26-24-,32-30-,38-36-. The summed E-state index contributed by atoms with van der Waals surface area (Å²) in [4.78, 5) is 46.1. The van der Waals surface area contributed by atoms with Crippen molar-refractivity contribution in [2.45, 2.75) is 193 Å². The number of carboxylic acids is 1. The van der Waals surface area contributed by atoms with Gasteiger partial charge in [0.2, 0.25) is 5.91 Å². The number of amides is 1. The lowest BCUT2D eigenvalue weighted by molar-refractivity contribution is -0.147. The van der Waals surface area contributed by atoms with E-state index in [1.165, 1.54) is 44.9 Å². The highest BCUT2D eigenvalue weighted by molar-refractivity contribution is 7.47.